The Morgan fingerprint density at radius 1 is 1.00 bits per heavy atom. The van der Waals surface area contributed by atoms with Gasteiger partial charge in [0.05, 0.1) is 25.3 Å². The number of hydrogen-bond acceptors (Lipinski definition) is 7. The summed E-state index contributed by atoms with van der Waals surface area (Å²) in [5, 5.41) is 11.5. The third-order valence-electron chi connectivity index (χ3n) is 6.34. The minimum absolute atomic E-state index is 0.0317. The molecule has 0 saturated carbocycles. The molecule has 0 bridgehead atoms. The maximum atomic E-state index is 13.5. The van der Waals surface area contributed by atoms with Crippen LogP contribution < -0.4 is 23.8 Å². The molecule has 8 heteroatoms. The van der Waals surface area contributed by atoms with E-state index in [9.17, 15) is 14.7 Å². The predicted molar refractivity (Wildman–Crippen MR) is 138 cm³/mol. The fourth-order valence-electron chi connectivity index (χ4n) is 4.67. The van der Waals surface area contributed by atoms with Crippen LogP contribution in [0.4, 0.5) is 5.69 Å². The fraction of sp³-hybridized carbons (Fsp3) is 0.241. The van der Waals surface area contributed by atoms with Gasteiger partial charge >= 0.3 is 0 Å². The molecular weight excluding hydrogens is 474 g/mol. The molecule has 3 aromatic carbocycles. The van der Waals surface area contributed by atoms with Gasteiger partial charge in [-0.2, -0.15) is 0 Å². The Balaban J connectivity index is 1.71. The van der Waals surface area contributed by atoms with Crippen LogP contribution in [-0.4, -0.2) is 43.7 Å². The summed E-state index contributed by atoms with van der Waals surface area (Å²) in [6, 6.07) is 16.6. The Kier molecular flexibility index (Phi) is 6.48. The molecule has 3 aromatic rings. The Bertz CT molecular complexity index is 1410. The summed E-state index contributed by atoms with van der Waals surface area (Å²) in [5.41, 5.74) is 2.37. The third kappa shape index (κ3) is 4.35. The van der Waals surface area contributed by atoms with E-state index in [4.69, 9.17) is 18.9 Å². The van der Waals surface area contributed by atoms with E-state index in [0.29, 0.717) is 59.6 Å². The second-order valence-corrected chi connectivity index (χ2v) is 8.71. The molecule has 1 fully saturated rings. The number of carbonyl (C=O) groups excluding carboxylic acids is 2. The van der Waals surface area contributed by atoms with E-state index in [1.54, 1.807) is 42.5 Å². The number of rotatable bonds is 6. The zero-order valence-electron chi connectivity index (χ0n) is 20.8. The number of aryl methyl sites for hydroxylation is 1. The molecule has 0 radical (unpaired) electrons. The lowest BCUT2D eigenvalue weighted by molar-refractivity contribution is -0.132. The van der Waals surface area contributed by atoms with Crippen LogP contribution in [0.1, 0.15) is 29.7 Å². The van der Waals surface area contributed by atoms with Gasteiger partial charge in [-0.3, -0.25) is 14.5 Å². The van der Waals surface area contributed by atoms with Crippen LogP contribution in [0, 0.1) is 6.92 Å². The number of aliphatic hydroxyl groups is 1. The molecule has 8 nitrogen and oxygen atoms in total. The first kappa shape index (κ1) is 24.2. The predicted octanol–water partition coefficient (Wildman–Crippen LogP) is 4.80. The van der Waals surface area contributed by atoms with Crippen LogP contribution in [0.2, 0.25) is 0 Å². The first-order valence-electron chi connectivity index (χ1n) is 12.0. The van der Waals surface area contributed by atoms with E-state index in [2.05, 4.69) is 0 Å². The molecule has 0 spiro atoms. The number of carbonyl (C=O) groups is 2. The average Bonchev–Trinajstić information content (AvgIpc) is 3.18. The van der Waals surface area contributed by atoms with Crippen molar-refractivity contribution in [3.05, 3.63) is 82.9 Å². The van der Waals surface area contributed by atoms with E-state index in [0.717, 1.165) is 5.56 Å². The van der Waals surface area contributed by atoms with E-state index in [1.165, 1.54) is 12.0 Å². The summed E-state index contributed by atoms with van der Waals surface area (Å²) in [6.07, 6.45) is 0. The topological polar surface area (TPSA) is 94.5 Å². The zero-order valence-corrected chi connectivity index (χ0v) is 20.8. The number of amides is 1. The number of nitrogens with zero attached hydrogens (tertiary/aromatic N) is 1. The number of hydrogen-bond donors (Lipinski definition) is 1. The Labute approximate surface area is 214 Å². The fourth-order valence-corrected chi connectivity index (χ4v) is 4.67. The Morgan fingerprint density at radius 3 is 2.51 bits per heavy atom. The first-order chi connectivity index (χ1) is 17.9. The van der Waals surface area contributed by atoms with Crippen LogP contribution in [0.5, 0.6) is 23.0 Å². The number of benzene rings is 3. The highest BCUT2D eigenvalue weighted by molar-refractivity contribution is 6.51. The molecule has 1 amide bonds. The summed E-state index contributed by atoms with van der Waals surface area (Å²) >= 11 is 0. The van der Waals surface area contributed by atoms with Gasteiger partial charge in [0.1, 0.15) is 19.0 Å². The lowest BCUT2D eigenvalue weighted by atomic mass is 9.94. The normalized spacial score (nSPS) is 18.1. The monoisotopic (exact) mass is 501 g/mol. The molecule has 0 aromatic heterocycles. The molecule has 1 unspecified atom stereocenters. The zero-order chi connectivity index (χ0) is 26.1. The summed E-state index contributed by atoms with van der Waals surface area (Å²) in [7, 11) is 1.54. The first-order valence-corrected chi connectivity index (χ1v) is 12.0. The van der Waals surface area contributed by atoms with Crippen LogP contribution in [0.3, 0.4) is 0 Å². The molecule has 0 aliphatic carbocycles. The van der Waals surface area contributed by atoms with Gasteiger partial charge < -0.3 is 24.1 Å². The van der Waals surface area contributed by atoms with Gasteiger partial charge in [-0.1, -0.05) is 18.2 Å². The second kappa shape index (κ2) is 9.89. The second-order valence-electron chi connectivity index (χ2n) is 8.71. The highest BCUT2D eigenvalue weighted by atomic mass is 16.6. The van der Waals surface area contributed by atoms with E-state index in [1.807, 2.05) is 32.0 Å². The molecule has 190 valence electrons. The quantitative estimate of drug-likeness (QED) is 0.295. The van der Waals surface area contributed by atoms with Crippen LogP contribution in [-0.2, 0) is 9.59 Å². The van der Waals surface area contributed by atoms with Gasteiger partial charge in [0.15, 0.2) is 23.0 Å². The van der Waals surface area contributed by atoms with Crippen LogP contribution in [0.25, 0.3) is 5.76 Å². The van der Waals surface area contributed by atoms with Crippen molar-refractivity contribution in [3.8, 4) is 23.0 Å². The molecule has 1 N–H and O–H groups in total. The van der Waals surface area contributed by atoms with Gasteiger partial charge in [0.25, 0.3) is 11.7 Å². The minimum atomic E-state index is -0.903. The minimum Gasteiger partial charge on any atom is -0.507 e. The Morgan fingerprint density at radius 2 is 1.78 bits per heavy atom. The van der Waals surface area contributed by atoms with E-state index in [-0.39, 0.29) is 11.3 Å². The van der Waals surface area contributed by atoms with Crippen molar-refractivity contribution in [3.63, 3.8) is 0 Å². The van der Waals surface area contributed by atoms with Crippen molar-refractivity contribution in [1.82, 2.24) is 0 Å². The lowest BCUT2D eigenvalue weighted by Crippen LogP contribution is -2.29. The highest BCUT2D eigenvalue weighted by Gasteiger charge is 2.47. The number of ether oxygens (including phenoxy) is 4. The number of fused-ring (bicyclic) bond motifs is 1. The molecule has 2 aliphatic heterocycles. The average molecular weight is 502 g/mol. The molecule has 1 atom stereocenters. The van der Waals surface area contributed by atoms with Crippen molar-refractivity contribution >= 4 is 23.1 Å². The van der Waals surface area contributed by atoms with E-state index >= 15 is 0 Å². The number of anilines is 1. The summed E-state index contributed by atoms with van der Waals surface area (Å²) in [5.74, 6) is 0.181. The molecular formula is C29H27NO7. The standard InChI is InChI=1S/C29H27NO7/c1-4-35-23-15-18(8-10-21(23)34-3)26-25(27(31)19-9-11-22-24(16-19)37-13-12-36-22)28(32)29(33)30(26)20-7-5-6-17(2)14-20/h5-11,14-16,26,31H,4,12-13H2,1-3H3/b27-25+. The molecule has 1 saturated heterocycles. The maximum Gasteiger partial charge on any atom is 0.300 e. The smallest absolute Gasteiger partial charge is 0.300 e. The molecule has 2 aliphatic rings. The van der Waals surface area contributed by atoms with Gasteiger partial charge in [0, 0.05) is 11.3 Å². The summed E-state index contributed by atoms with van der Waals surface area (Å²) in [6.45, 7) is 4.97. The largest absolute Gasteiger partial charge is 0.507 e. The maximum absolute atomic E-state index is 13.5. The van der Waals surface area contributed by atoms with Gasteiger partial charge in [-0.05, 0) is 67.4 Å². The molecule has 5 rings (SSSR count). The number of methoxy groups -OCH3 is 1. The van der Waals surface area contributed by atoms with Crippen LogP contribution in [0.15, 0.2) is 66.2 Å². The van der Waals surface area contributed by atoms with Gasteiger partial charge in [-0.25, -0.2) is 0 Å². The number of ketones is 1. The van der Waals surface area contributed by atoms with Crippen molar-refractivity contribution in [2.75, 3.05) is 31.8 Å². The molecule has 2 heterocycles. The summed E-state index contributed by atoms with van der Waals surface area (Å²) in [4.78, 5) is 28.3. The van der Waals surface area contributed by atoms with Crippen molar-refractivity contribution in [1.29, 1.82) is 0 Å². The van der Waals surface area contributed by atoms with Crippen molar-refractivity contribution in [2.45, 2.75) is 19.9 Å². The molecule has 37 heavy (non-hydrogen) atoms. The number of aliphatic hydroxyl groups excluding tert-OH is 1. The SMILES string of the molecule is CCOc1cc(C2/C(=C(\O)c3ccc4c(c3)OCCO4)C(=O)C(=O)N2c2cccc(C)c2)ccc1OC. The Hall–Kier alpha value is -4.46. The lowest BCUT2D eigenvalue weighted by Gasteiger charge is -2.26. The van der Waals surface area contributed by atoms with E-state index < -0.39 is 17.7 Å². The highest BCUT2D eigenvalue weighted by Crippen LogP contribution is 2.45. The van der Waals surface area contributed by atoms with Gasteiger partial charge in [0.2, 0.25) is 0 Å². The van der Waals surface area contributed by atoms with Crippen LogP contribution >= 0.6 is 0 Å². The van der Waals surface area contributed by atoms with Gasteiger partial charge in [-0.15, -0.1) is 0 Å². The third-order valence-corrected chi connectivity index (χ3v) is 6.34. The van der Waals surface area contributed by atoms with Crippen molar-refractivity contribution in [2.24, 2.45) is 0 Å². The van der Waals surface area contributed by atoms with Crippen molar-refractivity contribution < 1.29 is 33.6 Å². The summed E-state index contributed by atoms with van der Waals surface area (Å²) < 4.78 is 22.4. The number of Topliss-reactive ketones (excluding diaryl/α,β-unsaturated/α-hetero) is 1.